The Kier molecular flexibility index (Phi) is 6.34. The third kappa shape index (κ3) is 4.83. The topological polar surface area (TPSA) is 75.7 Å². The number of carbonyl (C=O) groups is 1. The van der Waals surface area contributed by atoms with Crippen LogP contribution in [0.1, 0.15) is 17.2 Å². The Morgan fingerprint density at radius 2 is 1.79 bits per heavy atom. The van der Waals surface area contributed by atoms with Crippen LogP contribution in [0.25, 0.3) is 4.91 Å². The first kappa shape index (κ1) is 21.0. The van der Waals surface area contributed by atoms with E-state index in [-0.39, 0.29) is 41.4 Å². The molecule has 6 nitrogen and oxygen atoms in total. The van der Waals surface area contributed by atoms with Crippen LogP contribution in [0.4, 0.5) is 4.39 Å². The number of likely N-dealkylation sites (N-methyl/N-ethyl adjacent to an activating group) is 1. The van der Waals surface area contributed by atoms with Crippen LogP contribution in [-0.2, 0) is 19.4 Å². The van der Waals surface area contributed by atoms with Crippen LogP contribution in [0, 0.1) is 5.82 Å². The highest BCUT2D eigenvalue weighted by Crippen LogP contribution is 2.30. The summed E-state index contributed by atoms with van der Waals surface area (Å²) in [4.78, 5) is 14.6. The molecule has 29 heavy (non-hydrogen) atoms. The van der Waals surface area contributed by atoms with Gasteiger partial charge in [-0.15, -0.1) is 0 Å². The van der Waals surface area contributed by atoms with Crippen molar-refractivity contribution in [3.63, 3.8) is 0 Å². The number of carbonyl (C=O) groups excluding carboxylic acids is 1. The van der Waals surface area contributed by atoms with E-state index < -0.39 is 15.7 Å². The normalized spacial score (nSPS) is 17.0. The average Bonchev–Trinajstić information content (AvgIpc) is 2.69. The number of ether oxygens (including phenoxy) is 1. The molecule has 8 heteroatoms. The highest BCUT2D eigenvalue weighted by atomic mass is 32.2. The quantitative estimate of drug-likeness (QED) is 0.780. The van der Waals surface area contributed by atoms with Gasteiger partial charge in [0, 0.05) is 6.54 Å². The molecule has 154 valence electrons. The van der Waals surface area contributed by atoms with E-state index in [0.29, 0.717) is 5.56 Å². The number of hydrogen-bond acceptors (Lipinski definition) is 5. The van der Waals surface area contributed by atoms with Gasteiger partial charge in [0.15, 0.2) is 9.84 Å². The third-order valence-electron chi connectivity index (χ3n) is 4.69. The molecule has 0 saturated carbocycles. The van der Waals surface area contributed by atoms with Crippen LogP contribution in [0.15, 0.2) is 60.4 Å². The zero-order valence-corrected chi connectivity index (χ0v) is 17.1. The molecule has 0 bridgehead atoms. The van der Waals surface area contributed by atoms with Crippen molar-refractivity contribution in [1.29, 1.82) is 0 Å². The summed E-state index contributed by atoms with van der Waals surface area (Å²) in [7, 11) is 0.0464. The van der Waals surface area contributed by atoms with Crippen LogP contribution in [-0.4, -0.2) is 52.2 Å². The lowest BCUT2D eigenvalue weighted by molar-refractivity contribution is -0.121. The molecule has 0 aromatic heterocycles. The zero-order chi connectivity index (χ0) is 21.0. The van der Waals surface area contributed by atoms with Crippen molar-refractivity contribution < 1.29 is 22.3 Å². The van der Waals surface area contributed by atoms with Crippen LogP contribution in [0.5, 0.6) is 0 Å². The molecule has 1 aliphatic heterocycles. The van der Waals surface area contributed by atoms with Gasteiger partial charge in [-0.05, 0) is 37.4 Å². The zero-order valence-electron chi connectivity index (χ0n) is 16.3. The summed E-state index contributed by atoms with van der Waals surface area (Å²) in [6, 6.07) is 14.3. The molecule has 0 saturated heterocycles. The minimum atomic E-state index is -3.64. The number of nitrogens with zero attached hydrogens (tertiary/aromatic N) is 1. The molecule has 1 heterocycles. The van der Waals surface area contributed by atoms with E-state index in [0.717, 1.165) is 5.56 Å². The van der Waals surface area contributed by atoms with E-state index in [1.54, 1.807) is 42.5 Å². The van der Waals surface area contributed by atoms with E-state index in [1.807, 2.05) is 19.0 Å². The van der Waals surface area contributed by atoms with Crippen LogP contribution < -0.4 is 5.32 Å². The summed E-state index contributed by atoms with van der Waals surface area (Å²) in [5.74, 6) is -1.31. The van der Waals surface area contributed by atoms with Crippen molar-refractivity contribution in [1.82, 2.24) is 10.2 Å². The number of nitrogens with one attached hydrogen (secondary N) is 1. The number of amides is 1. The summed E-state index contributed by atoms with van der Waals surface area (Å²) in [5, 5.41) is 2.76. The van der Waals surface area contributed by atoms with Gasteiger partial charge < -0.3 is 15.0 Å². The van der Waals surface area contributed by atoms with Crippen LogP contribution in [0.3, 0.4) is 0 Å². The van der Waals surface area contributed by atoms with Crippen LogP contribution >= 0.6 is 0 Å². The third-order valence-corrected chi connectivity index (χ3v) is 6.44. The minimum Gasteiger partial charge on any atom is -0.486 e. The largest absolute Gasteiger partial charge is 0.486 e. The summed E-state index contributed by atoms with van der Waals surface area (Å²) >= 11 is 0. The van der Waals surface area contributed by atoms with Crippen molar-refractivity contribution in [2.75, 3.05) is 33.0 Å². The molecular weight excluding hydrogens is 395 g/mol. The first-order valence-corrected chi connectivity index (χ1v) is 10.8. The summed E-state index contributed by atoms with van der Waals surface area (Å²) < 4.78 is 44.0. The fraction of sp³-hybridized carbons (Fsp3) is 0.286. The van der Waals surface area contributed by atoms with Gasteiger partial charge in [-0.25, -0.2) is 12.8 Å². The van der Waals surface area contributed by atoms with Gasteiger partial charge >= 0.3 is 0 Å². The fourth-order valence-electron chi connectivity index (χ4n) is 3.18. The average molecular weight is 418 g/mol. The molecule has 0 spiro atoms. The standard InChI is InChI=1S/C21H23FN2O4S/c1-24(2)18(15-8-10-17(22)11-9-15)14-23-21(25)19-20(16-6-4-3-5-7-16)29(26,27)13-12-28-19/h3-11,18H,12-14H2,1-2H3,(H,23,25)/t18-/m1/s1. The van der Waals surface area contributed by atoms with Crippen molar-refractivity contribution in [2.45, 2.75) is 6.04 Å². The second-order valence-corrected chi connectivity index (χ2v) is 8.98. The molecule has 0 unspecified atom stereocenters. The van der Waals surface area contributed by atoms with Gasteiger partial charge in [0.2, 0.25) is 5.76 Å². The smallest absolute Gasteiger partial charge is 0.287 e. The van der Waals surface area contributed by atoms with Gasteiger partial charge in [0.05, 0.1) is 11.8 Å². The molecule has 3 rings (SSSR count). The van der Waals surface area contributed by atoms with Crippen LogP contribution in [0.2, 0.25) is 0 Å². The van der Waals surface area contributed by atoms with E-state index in [2.05, 4.69) is 5.32 Å². The van der Waals surface area contributed by atoms with E-state index in [4.69, 9.17) is 4.74 Å². The molecule has 0 radical (unpaired) electrons. The second kappa shape index (κ2) is 8.75. The summed E-state index contributed by atoms with van der Waals surface area (Å²) in [5.41, 5.74) is 1.24. The van der Waals surface area contributed by atoms with Gasteiger partial charge in [0.25, 0.3) is 5.91 Å². The summed E-state index contributed by atoms with van der Waals surface area (Å²) in [6.07, 6.45) is 0. The first-order valence-electron chi connectivity index (χ1n) is 9.15. The Hall–Kier alpha value is -2.71. The highest BCUT2D eigenvalue weighted by Gasteiger charge is 2.33. The van der Waals surface area contributed by atoms with Gasteiger partial charge in [0.1, 0.15) is 17.3 Å². The van der Waals surface area contributed by atoms with E-state index >= 15 is 0 Å². The molecule has 1 N–H and O–H groups in total. The molecular formula is C21H23FN2O4S. The Morgan fingerprint density at radius 3 is 2.41 bits per heavy atom. The Morgan fingerprint density at radius 1 is 1.14 bits per heavy atom. The lowest BCUT2D eigenvalue weighted by atomic mass is 10.1. The molecule has 2 aromatic rings. The number of rotatable bonds is 6. The van der Waals surface area contributed by atoms with Crippen molar-refractivity contribution in [3.8, 4) is 0 Å². The maximum absolute atomic E-state index is 13.2. The van der Waals surface area contributed by atoms with E-state index in [9.17, 15) is 17.6 Å². The van der Waals surface area contributed by atoms with Gasteiger partial charge in [-0.3, -0.25) is 4.79 Å². The Bertz CT molecular complexity index is 1000. The maximum Gasteiger partial charge on any atom is 0.287 e. The first-order chi connectivity index (χ1) is 13.8. The Labute approximate surface area is 169 Å². The van der Waals surface area contributed by atoms with E-state index in [1.165, 1.54) is 12.1 Å². The lowest BCUT2D eigenvalue weighted by Gasteiger charge is -2.26. The number of benzene rings is 2. The predicted molar refractivity (Wildman–Crippen MR) is 109 cm³/mol. The minimum absolute atomic E-state index is 0.0729. The van der Waals surface area contributed by atoms with Gasteiger partial charge in [-0.2, -0.15) is 0 Å². The van der Waals surface area contributed by atoms with Crippen molar-refractivity contribution in [2.24, 2.45) is 0 Å². The summed E-state index contributed by atoms with van der Waals surface area (Å²) in [6.45, 7) is 0.128. The predicted octanol–water partition coefficient (Wildman–Crippen LogP) is 2.36. The monoisotopic (exact) mass is 418 g/mol. The molecule has 1 aliphatic rings. The Balaban J connectivity index is 1.87. The maximum atomic E-state index is 13.2. The molecule has 1 amide bonds. The fourth-order valence-corrected chi connectivity index (χ4v) is 4.62. The highest BCUT2D eigenvalue weighted by molar-refractivity contribution is 8.00. The molecule has 0 aliphatic carbocycles. The second-order valence-electron chi connectivity index (χ2n) is 6.93. The van der Waals surface area contributed by atoms with Crippen molar-refractivity contribution in [3.05, 3.63) is 77.3 Å². The number of sulfone groups is 1. The molecule has 1 atom stereocenters. The molecule has 2 aromatic carbocycles. The number of halogens is 1. The number of hydrogen-bond donors (Lipinski definition) is 1. The van der Waals surface area contributed by atoms with Gasteiger partial charge in [-0.1, -0.05) is 42.5 Å². The van der Waals surface area contributed by atoms with Crippen molar-refractivity contribution >= 4 is 20.6 Å². The SMILES string of the molecule is CN(C)[C@H](CNC(=O)C1=C(c2ccccc2)S(=O)(=O)CCO1)c1ccc(F)cc1. The lowest BCUT2D eigenvalue weighted by Crippen LogP contribution is -2.37. The molecule has 0 fully saturated rings.